The summed E-state index contributed by atoms with van der Waals surface area (Å²) < 4.78 is 2.48. The minimum absolute atomic E-state index is 0.109. The van der Waals surface area contributed by atoms with E-state index >= 15 is 0 Å². The van der Waals surface area contributed by atoms with Crippen molar-refractivity contribution in [3.05, 3.63) is 80.7 Å². The van der Waals surface area contributed by atoms with E-state index in [-0.39, 0.29) is 5.56 Å². The SMILES string of the molecule is Cc1[nH]n(-c2ccccc2)c(=O)c1C=Nc1cccc(Br)c1. The summed E-state index contributed by atoms with van der Waals surface area (Å²) in [5, 5.41) is 3.08. The number of aromatic nitrogens is 2. The van der Waals surface area contributed by atoms with Crippen LogP contribution in [0.2, 0.25) is 0 Å². The van der Waals surface area contributed by atoms with Crippen molar-refractivity contribution in [1.82, 2.24) is 9.78 Å². The van der Waals surface area contributed by atoms with Crippen molar-refractivity contribution in [2.75, 3.05) is 0 Å². The lowest BCUT2D eigenvalue weighted by Gasteiger charge is -1.99. The smallest absolute Gasteiger partial charge is 0.280 e. The van der Waals surface area contributed by atoms with Crippen LogP contribution < -0.4 is 5.56 Å². The molecule has 0 saturated heterocycles. The highest BCUT2D eigenvalue weighted by Gasteiger charge is 2.10. The van der Waals surface area contributed by atoms with Gasteiger partial charge in [0.25, 0.3) is 5.56 Å². The molecule has 0 aliphatic carbocycles. The zero-order valence-electron chi connectivity index (χ0n) is 12.0. The summed E-state index contributed by atoms with van der Waals surface area (Å²) >= 11 is 3.41. The van der Waals surface area contributed by atoms with Crippen LogP contribution in [0.25, 0.3) is 5.69 Å². The van der Waals surface area contributed by atoms with E-state index in [1.807, 2.05) is 61.5 Å². The highest BCUT2D eigenvalue weighted by atomic mass is 79.9. The number of aryl methyl sites for hydroxylation is 1. The van der Waals surface area contributed by atoms with E-state index in [2.05, 4.69) is 26.0 Å². The highest BCUT2D eigenvalue weighted by molar-refractivity contribution is 9.10. The monoisotopic (exact) mass is 355 g/mol. The molecule has 0 unspecified atom stereocenters. The first-order valence-electron chi connectivity index (χ1n) is 6.82. The fourth-order valence-corrected chi connectivity index (χ4v) is 2.55. The van der Waals surface area contributed by atoms with Gasteiger partial charge in [0.15, 0.2) is 0 Å². The summed E-state index contributed by atoms with van der Waals surface area (Å²) in [5.74, 6) is 0. The maximum absolute atomic E-state index is 12.5. The molecule has 0 aliphatic rings. The molecule has 0 aliphatic heterocycles. The van der Waals surface area contributed by atoms with E-state index in [0.29, 0.717) is 5.56 Å². The van der Waals surface area contributed by atoms with Gasteiger partial charge in [-0.15, -0.1) is 0 Å². The van der Waals surface area contributed by atoms with Crippen LogP contribution in [-0.2, 0) is 0 Å². The number of hydrogen-bond acceptors (Lipinski definition) is 2. The second-order valence-electron chi connectivity index (χ2n) is 4.86. The number of aliphatic imine (C=N–C) groups is 1. The normalized spacial score (nSPS) is 11.2. The largest absolute Gasteiger partial charge is 0.295 e. The molecular weight excluding hydrogens is 342 g/mol. The first-order valence-corrected chi connectivity index (χ1v) is 7.61. The molecule has 110 valence electrons. The summed E-state index contributed by atoms with van der Waals surface area (Å²) in [5.41, 5.74) is 2.83. The van der Waals surface area contributed by atoms with Gasteiger partial charge < -0.3 is 0 Å². The van der Waals surface area contributed by atoms with E-state index in [4.69, 9.17) is 0 Å². The molecule has 3 rings (SSSR count). The van der Waals surface area contributed by atoms with Gasteiger partial charge in [-0.2, -0.15) is 0 Å². The van der Waals surface area contributed by atoms with Crippen LogP contribution in [0.15, 0.2) is 68.9 Å². The number of nitrogens with one attached hydrogen (secondary N) is 1. The molecule has 0 saturated carbocycles. The average molecular weight is 356 g/mol. The minimum Gasteiger partial charge on any atom is -0.295 e. The third-order valence-electron chi connectivity index (χ3n) is 3.28. The topological polar surface area (TPSA) is 50.1 Å². The summed E-state index contributed by atoms with van der Waals surface area (Å²) in [4.78, 5) is 16.9. The number of para-hydroxylation sites is 1. The Morgan fingerprint density at radius 1 is 1.14 bits per heavy atom. The van der Waals surface area contributed by atoms with E-state index in [9.17, 15) is 4.79 Å². The first kappa shape index (κ1) is 14.5. The standard InChI is InChI=1S/C17H14BrN3O/c1-12-16(11-19-14-7-5-6-13(18)10-14)17(22)21(20-12)15-8-3-2-4-9-15/h2-11,20H,1H3. The number of halogens is 1. The molecule has 4 nitrogen and oxygen atoms in total. The van der Waals surface area contributed by atoms with Gasteiger partial charge in [-0.3, -0.25) is 14.9 Å². The predicted octanol–water partition coefficient (Wildman–Crippen LogP) is 3.99. The summed E-state index contributed by atoms with van der Waals surface area (Å²) in [6.07, 6.45) is 1.61. The van der Waals surface area contributed by atoms with Crippen molar-refractivity contribution < 1.29 is 0 Å². The second kappa shape index (κ2) is 6.15. The Kier molecular flexibility index (Phi) is 4.06. The number of benzene rings is 2. The molecule has 3 aromatic rings. The molecule has 22 heavy (non-hydrogen) atoms. The van der Waals surface area contributed by atoms with E-state index < -0.39 is 0 Å². The van der Waals surface area contributed by atoms with E-state index in [1.54, 1.807) is 6.21 Å². The van der Waals surface area contributed by atoms with Crippen LogP contribution >= 0.6 is 15.9 Å². The van der Waals surface area contributed by atoms with Crippen LogP contribution in [0.1, 0.15) is 11.3 Å². The molecule has 5 heteroatoms. The average Bonchev–Trinajstić information content (AvgIpc) is 2.81. The van der Waals surface area contributed by atoms with E-state index in [0.717, 1.165) is 21.5 Å². The van der Waals surface area contributed by atoms with Gasteiger partial charge in [0.2, 0.25) is 0 Å². The van der Waals surface area contributed by atoms with Crippen LogP contribution in [0.5, 0.6) is 0 Å². The van der Waals surface area contributed by atoms with Gasteiger partial charge in [0.05, 0.1) is 16.9 Å². The third-order valence-corrected chi connectivity index (χ3v) is 3.78. The molecule has 2 aromatic carbocycles. The van der Waals surface area contributed by atoms with Crippen molar-refractivity contribution in [3.8, 4) is 5.69 Å². The quantitative estimate of drug-likeness (QED) is 0.709. The maximum Gasteiger partial charge on any atom is 0.280 e. The molecule has 0 spiro atoms. The number of aromatic amines is 1. The fourth-order valence-electron chi connectivity index (χ4n) is 2.17. The van der Waals surface area contributed by atoms with Crippen LogP contribution in [0, 0.1) is 6.92 Å². The van der Waals surface area contributed by atoms with Crippen LogP contribution in [0.3, 0.4) is 0 Å². The Balaban J connectivity index is 1.99. The second-order valence-corrected chi connectivity index (χ2v) is 5.78. The Labute approximate surface area is 136 Å². The van der Waals surface area contributed by atoms with Gasteiger partial charge in [-0.1, -0.05) is 40.2 Å². The van der Waals surface area contributed by atoms with Crippen molar-refractivity contribution >= 4 is 27.8 Å². The number of H-pyrrole nitrogens is 1. The van der Waals surface area contributed by atoms with Gasteiger partial charge in [-0.25, -0.2) is 4.68 Å². The molecule has 1 aromatic heterocycles. The van der Waals surface area contributed by atoms with Gasteiger partial charge >= 0.3 is 0 Å². The zero-order chi connectivity index (χ0) is 15.5. The molecule has 0 amide bonds. The summed E-state index contributed by atoms with van der Waals surface area (Å²) in [7, 11) is 0. The fraction of sp³-hybridized carbons (Fsp3) is 0.0588. The summed E-state index contributed by atoms with van der Waals surface area (Å²) in [6.45, 7) is 1.86. The Morgan fingerprint density at radius 3 is 2.64 bits per heavy atom. The lowest BCUT2D eigenvalue weighted by atomic mass is 10.2. The Morgan fingerprint density at radius 2 is 1.91 bits per heavy atom. The minimum atomic E-state index is -0.109. The maximum atomic E-state index is 12.5. The molecule has 0 bridgehead atoms. The predicted molar refractivity (Wildman–Crippen MR) is 92.5 cm³/mol. The number of hydrogen-bond donors (Lipinski definition) is 1. The van der Waals surface area contributed by atoms with Crippen LogP contribution in [-0.4, -0.2) is 16.0 Å². The summed E-state index contributed by atoms with van der Waals surface area (Å²) in [6, 6.07) is 17.1. The lowest BCUT2D eigenvalue weighted by molar-refractivity contribution is 0.835. The Hall–Kier alpha value is -2.40. The van der Waals surface area contributed by atoms with Gasteiger partial charge in [0.1, 0.15) is 0 Å². The number of nitrogens with zero attached hydrogens (tertiary/aromatic N) is 2. The van der Waals surface area contributed by atoms with E-state index in [1.165, 1.54) is 4.68 Å². The van der Waals surface area contributed by atoms with Crippen LogP contribution in [0.4, 0.5) is 5.69 Å². The van der Waals surface area contributed by atoms with Crippen molar-refractivity contribution in [2.24, 2.45) is 4.99 Å². The molecule has 0 atom stereocenters. The molecule has 1 N–H and O–H groups in total. The molecule has 0 fully saturated rings. The van der Waals surface area contributed by atoms with Crippen molar-refractivity contribution in [3.63, 3.8) is 0 Å². The van der Waals surface area contributed by atoms with Gasteiger partial charge in [-0.05, 0) is 37.3 Å². The van der Waals surface area contributed by atoms with Gasteiger partial charge in [0, 0.05) is 16.4 Å². The zero-order valence-corrected chi connectivity index (χ0v) is 13.5. The highest BCUT2D eigenvalue weighted by Crippen LogP contribution is 2.18. The third kappa shape index (κ3) is 2.94. The molecular formula is C17H14BrN3O. The van der Waals surface area contributed by atoms with Crippen molar-refractivity contribution in [2.45, 2.75) is 6.92 Å². The Bertz CT molecular complexity index is 878. The molecule has 1 heterocycles. The number of rotatable bonds is 3. The molecule has 0 radical (unpaired) electrons. The van der Waals surface area contributed by atoms with Crippen molar-refractivity contribution in [1.29, 1.82) is 0 Å². The first-order chi connectivity index (χ1) is 10.6. The lowest BCUT2D eigenvalue weighted by Crippen LogP contribution is -2.17.